The molecule has 0 saturated heterocycles. The second-order valence-corrected chi connectivity index (χ2v) is 3.04. The molecule has 0 unspecified atom stereocenters. The van der Waals surface area contributed by atoms with E-state index in [4.69, 9.17) is 16.3 Å². The minimum atomic E-state index is -4.48. The third kappa shape index (κ3) is 3.00. The molecule has 0 aliphatic rings. The molecule has 0 aliphatic carbocycles. The zero-order chi connectivity index (χ0) is 11.5. The summed E-state index contributed by atoms with van der Waals surface area (Å²) in [5.41, 5.74) is -0.919. The van der Waals surface area contributed by atoms with Gasteiger partial charge in [0.05, 0.1) is 10.6 Å². The highest BCUT2D eigenvalue weighted by atomic mass is 35.5. The Hall–Kier alpha value is -0.940. The molecule has 0 amide bonds. The lowest BCUT2D eigenvalue weighted by atomic mass is 10.2. The minimum Gasteiger partial charge on any atom is -0.466 e. The molecule has 0 bridgehead atoms. The number of hydrogen-bond donors (Lipinski definition) is 0. The van der Waals surface area contributed by atoms with Crippen molar-refractivity contribution in [2.24, 2.45) is 0 Å². The van der Waals surface area contributed by atoms with E-state index in [2.05, 4.69) is 4.74 Å². The van der Waals surface area contributed by atoms with Crippen LogP contribution in [0.3, 0.4) is 0 Å². The van der Waals surface area contributed by atoms with Gasteiger partial charge in [-0.2, -0.15) is 13.2 Å². The highest BCUT2D eigenvalue weighted by molar-refractivity contribution is 6.32. The molecule has 6 heteroatoms. The van der Waals surface area contributed by atoms with Crippen LogP contribution in [-0.2, 0) is 10.9 Å². The van der Waals surface area contributed by atoms with Crippen molar-refractivity contribution in [1.29, 1.82) is 0 Å². The number of ether oxygens (including phenoxy) is 2. The molecule has 0 atom stereocenters. The number of alkyl halides is 3. The van der Waals surface area contributed by atoms with E-state index in [1.165, 1.54) is 19.2 Å². The largest absolute Gasteiger partial charge is 0.466 e. The third-order valence-electron chi connectivity index (χ3n) is 1.60. The summed E-state index contributed by atoms with van der Waals surface area (Å²) in [5.74, 6) is -0.0478. The highest BCUT2D eigenvalue weighted by Crippen LogP contribution is 2.39. The maximum atomic E-state index is 12.4. The highest BCUT2D eigenvalue weighted by Gasteiger charge is 2.34. The van der Waals surface area contributed by atoms with Gasteiger partial charge >= 0.3 is 6.18 Å². The van der Waals surface area contributed by atoms with Gasteiger partial charge < -0.3 is 9.47 Å². The van der Waals surface area contributed by atoms with E-state index in [0.29, 0.717) is 0 Å². The van der Waals surface area contributed by atoms with Gasteiger partial charge in [-0.15, -0.1) is 0 Å². The Morgan fingerprint density at radius 1 is 1.33 bits per heavy atom. The predicted molar refractivity (Wildman–Crippen MR) is 49.0 cm³/mol. The molecule has 1 rings (SSSR count). The molecule has 84 valence electrons. The Balaban J connectivity index is 3.01. The maximum Gasteiger partial charge on any atom is 0.417 e. The molecule has 0 saturated carbocycles. The Kier molecular flexibility index (Phi) is 3.82. The zero-order valence-electron chi connectivity index (χ0n) is 7.77. The summed E-state index contributed by atoms with van der Waals surface area (Å²) in [4.78, 5) is 0. The molecule has 0 spiro atoms. The van der Waals surface area contributed by atoms with E-state index in [1.54, 1.807) is 0 Å². The predicted octanol–water partition coefficient (Wildman–Crippen LogP) is 3.34. The Bertz CT molecular complexity index is 339. The molecule has 15 heavy (non-hydrogen) atoms. The first-order valence-electron chi connectivity index (χ1n) is 3.94. The summed E-state index contributed by atoms with van der Waals surface area (Å²) in [5, 5.41) is -0.456. The molecule has 1 aromatic carbocycles. The monoisotopic (exact) mass is 240 g/mol. The van der Waals surface area contributed by atoms with Crippen LogP contribution in [0.15, 0.2) is 18.2 Å². The topological polar surface area (TPSA) is 18.5 Å². The summed E-state index contributed by atoms with van der Waals surface area (Å²) < 4.78 is 46.6. The Morgan fingerprint density at radius 3 is 2.53 bits per heavy atom. The van der Waals surface area contributed by atoms with E-state index in [-0.39, 0.29) is 12.5 Å². The average Bonchev–Trinajstić information content (AvgIpc) is 2.14. The lowest BCUT2D eigenvalue weighted by Crippen LogP contribution is -2.07. The van der Waals surface area contributed by atoms with Crippen LogP contribution in [0.5, 0.6) is 5.75 Å². The van der Waals surface area contributed by atoms with Crippen LogP contribution in [-0.4, -0.2) is 13.9 Å². The molecule has 0 aliphatic heterocycles. The lowest BCUT2D eigenvalue weighted by molar-refractivity contribution is -0.137. The minimum absolute atomic E-state index is 0.0478. The fourth-order valence-corrected chi connectivity index (χ4v) is 1.25. The zero-order valence-corrected chi connectivity index (χ0v) is 8.52. The van der Waals surface area contributed by atoms with Crippen molar-refractivity contribution >= 4 is 11.6 Å². The van der Waals surface area contributed by atoms with Crippen LogP contribution in [0.1, 0.15) is 5.56 Å². The molecular weight excluding hydrogens is 233 g/mol. The maximum absolute atomic E-state index is 12.4. The second-order valence-electron chi connectivity index (χ2n) is 2.67. The first-order valence-corrected chi connectivity index (χ1v) is 4.32. The van der Waals surface area contributed by atoms with Crippen LogP contribution in [0.4, 0.5) is 13.2 Å². The van der Waals surface area contributed by atoms with Crippen LogP contribution < -0.4 is 4.74 Å². The van der Waals surface area contributed by atoms with Crippen LogP contribution >= 0.6 is 11.6 Å². The Labute approximate surface area is 89.6 Å². The summed E-state index contributed by atoms with van der Waals surface area (Å²) in [6.07, 6.45) is -4.48. The number of hydrogen-bond acceptors (Lipinski definition) is 2. The third-order valence-corrected chi connectivity index (χ3v) is 1.99. The van der Waals surface area contributed by atoms with Gasteiger partial charge in [0.1, 0.15) is 5.75 Å². The van der Waals surface area contributed by atoms with Crippen molar-refractivity contribution in [2.45, 2.75) is 6.18 Å². The van der Waals surface area contributed by atoms with Gasteiger partial charge in [0.15, 0.2) is 6.79 Å². The van der Waals surface area contributed by atoms with Crippen molar-refractivity contribution in [1.82, 2.24) is 0 Å². The van der Waals surface area contributed by atoms with Crippen molar-refractivity contribution in [3.05, 3.63) is 28.8 Å². The molecule has 0 N–H and O–H groups in total. The fraction of sp³-hybridized carbons (Fsp3) is 0.333. The van der Waals surface area contributed by atoms with Crippen LogP contribution in [0.2, 0.25) is 5.02 Å². The van der Waals surface area contributed by atoms with E-state index in [0.717, 1.165) is 6.07 Å². The normalized spacial score (nSPS) is 11.5. The lowest BCUT2D eigenvalue weighted by Gasteiger charge is -2.12. The van der Waals surface area contributed by atoms with Gasteiger partial charge in [-0.05, 0) is 12.1 Å². The van der Waals surface area contributed by atoms with Crippen molar-refractivity contribution in [2.75, 3.05) is 13.9 Å². The van der Waals surface area contributed by atoms with E-state index in [9.17, 15) is 13.2 Å². The second kappa shape index (κ2) is 4.72. The van der Waals surface area contributed by atoms with Crippen molar-refractivity contribution in [3.63, 3.8) is 0 Å². The van der Waals surface area contributed by atoms with Crippen LogP contribution in [0, 0.1) is 0 Å². The average molecular weight is 241 g/mol. The molecular formula is C9H8ClF3O2. The summed E-state index contributed by atoms with van der Waals surface area (Å²) >= 11 is 5.53. The molecule has 0 radical (unpaired) electrons. The smallest absolute Gasteiger partial charge is 0.417 e. The fourth-order valence-electron chi connectivity index (χ4n) is 0.964. The van der Waals surface area contributed by atoms with E-state index < -0.39 is 16.8 Å². The van der Waals surface area contributed by atoms with E-state index in [1.807, 2.05) is 0 Å². The van der Waals surface area contributed by atoms with E-state index >= 15 is 0 Å². The van der Waals surface area contributed by atoms with Gasteiger partial charge in [-0.25, -0.2) is 0 Å². The van der Waals surface area contributed by atoms with Crippen LogP contribution in [0.25, 0.3) is 0 Å². The van der Waals surface area contributed by atoms with Crippen molar-refractivity contribution < 1.29 is 22.6 Å². The number of methoxy groups -OCH3 is 1. The standard InChI is InChI=1S/C9H8ClF3O2/c1-14-5-15-7-4-2-3-6(8(7)10)9(11,12)13/h2-4H,5H2,1H3. The number of benzene rings is 1. The summed E-state index contributed by atoms with van der Waals surface area (Å²) in [6.45, 7) is -0.152. The van der Waals surface area contributed by atoms with Gasteiger partial charge in [0, 0.05) is 7.11 Å². The van der Waals surface area contributed by atoms with Gasteiger partial charge in [-0.3, -0.25) is 0 Å². The quantitative estimate of drug-likeness (QED) is 0.755. The summed E-state index contributed by atoms with van der Waals surface area (Å²) in [6, 6.07) is 3.46. The summed E-state index contributed by atoms with van der Waals surface area (Å²) in [7, 11) is 1.36. The molecule has 0 aromatic heterocycles. The SMILES string of the molecule is COCOc1cccc(C(F)(F)F)c1Cl. The van der Waals surface area contributed by atoms with Gasteiger partial charge in [-0.1, -0.05) is 17.7 Å². The molecule has 2 nitrogen and oxygen atoms in total. The van der Waals surface area contributed by atoms with Gasteiger partial charge in [0.25, 0.3) is 0 Å². The number of rotatable bonds is 3. The Morgan fingerprint density at radius 2 is 2.00 bits per heavy atom. The van der Waals surface area contributed by atoms with Crippen molar-refractivity contribution in [3.8, 4) is 5.75 Å². The molecule has 0 heterocycles. The molecule has 1 aromatic rings. The van der Waals surface area contributed by atoms with Gasteiger partial charge in [0.2, 0.25) is 0 Å². The molecule has 0 fully saturated rings. The first kappa shape index (κ1) is 12.1. The first-order chi connectivity index (χ1) is 6.96. The number of halogens is 4.